The van der Waals surface area contributed by atoms with Crippen molar-refractivity contribution in [2.24, 2.45) is 0 Å². The molecule has 0 spiro atoms. The molecular weight excluding hydrogens is 390 g/mol. The summed E-state index contributed by atoms with van der Waals surface area (Å²) in [7, 11) is 0. The Kier molecular flexibility index (Phi) is 5.38. The maximum atomic E-state index is 12.3. The Labute approximate surface area is 181 Å². The first-order valence-electron chi connectivity index (χ1n) is 10.2. The van der Waals surface area contributed by atoms with Crippen molar-refractivity contribution < 1.29 is 9.53 Å². The molecule has 2 aromatic heterocycles. The van der Waals surface area contributed by atoms with E-state index in [2.05, 4.69) is 32.3 Å². The van der Waals surface area contributed by atoms with Crippen LogP contribution in [0.4, 0.5) is 16.3 Å². The van der Waals surface area contributed by atoms with Gasteiger partial charge in [0.2, 0.25) is 0 Å². The molecule has 0 radical (unpaired) electrons. The van der Waals surface area contributed by atoms with Gasteiger partial charge in [0.1, 0.15) is 23.4 Å². The second kappa shape index (κ2) is 8.15. The molecule has 7 nitrogen and oxygen atoms in total. The number of terminal acetylenes is 1. The third-order valence-corrected chi connectivity index (χ3v) is 4.92. The number of carbonyl (C=O) groups is 1. The monoisotopic (exact) mass is 415 g/mol. The van der Waals surface area contributed by atoms with Crippen molar-refractivity contribution in [2.75, 3.05) is 18.4 Å². The van der Waals surface area contributed by atoms with Crippen molar-refractivity contribution in [3.63, 3.8) is 0 Å². The Balaban J connectivity index is 1.54. The van der Waals surface area contributed by atoms with Crippen LogP contribution in [-0.2, 0) is 4.74 Å². The lowest BCUT2D eigenvalue weighted by Crippen LogP contribution is -2.39. The first-order valence-corrected chi connectivity index (χ1v) is 10.2. The number of anilines is 2. The van der Waals surface area contributed by atoms with Crippen LogP contribution in [0, 0.1) is 12.3 Å². The zero-order chi connectivity index (χ0) is 22.0. The van der Waals surface area contributed by atoms with Gasteiger partial charge in [-0.1, -0.05) is 18.1 Å². The average molecular weight is 415 g/mol. The summed E-state index contributed by atoms with van der Waals surface area (Å²) in [4.78, 5) is 26.1. The van der Waals surface area contributed by atoms with Crippen LogP contribution < -0.4 is 5.32 Å². The van der Waals surface area contributed by atoms with E-state index in [-0.39, 0.29) is 6.09 Å². The summed E-state index contributed by atoms with van der Waals surface area (Å²) in [5.74, 6) is 3.34. The molecule has 4 rings (SSSR count). The van der Waals surface area contributed by atoms with Crippen molar-refractivity contribution in [2.45, 2.75) is 32.8 Å². The molecule has 158 valence electrons. The van der Waals surface area contributed by atoms with Crippen molar-refractivity contribution in [3.8, 4) is 12.3 Å². The molecule has 0 bridgehead atoms. The minimum atomic E-state index is -0.500. The zero-order valence-corrected chi connectivity index (χ0v) is 17.9. The molecule has 1 amide bonds. The molecule has 7 heteroatoms. The van der Waals surface area contributed by atoms with Crippen LogP contribution in [0.2, 0.25) is 0 Å². The molecular formula is C24H25N5O2. The van der Waals surface area contributed by atoms with Crippen molar-refractivity contribution in [1.29, 1.82) is 0 Å². The third kappa shape index (κ3) is 4.69. The summed E-state index contributed by atoms with van der Waals surface area (Å²) in [5.41, 5.74) is 4.02. The van der Waals surface area contributed by atoms with Crippen LogP contribution in [0.15, 0.2) is 42.7 Å². The van der Waals surface area contributed by atoms with E-state index >= 15 is 0 Å². The van der Waals surface area contributed by atoms with Gasteiger partial charge in [-0.15, -0.1) is 6.42 Å². The van der Waals surface area contributed by atoms with E-state index in [9.17, 15) is 4.79 Å². The molecule has 0 aliphatic carbocycles. The van der Waals surface area contributed by atoms with Gasteiger partial charge in [-0.2, -0.15) is 0 Å². The van der Waals surface area contributed by atoms with E-state index in [0.717, 1.165) is 40.0 Å². The van der Waals surface area contributed by atoms with Gasteiger partial charge in [0.05, 0.1) is 5.39 Å². The number of hydrogen-bond acceptors (Lipinski definition) is 5. The van der Waals surface area contributed by atoms with E-state index < -0.39 is 5.60 Å². The predicted molar refractivity (Wildman–Crippen MR) is 122 cm³/mol. The summed E-state index contributed by atoms with van der Waals surface area (Å²) < 4.78 is 5.47. The van der Waals surface area contributed by atoms with Gasteiger partial charge in [-0.25, -0.2) is 14.8 Å². The molecule has 1 aromatic carbocycles. The normalized spacial score (nSPS) is 14.1. The largest absolute Gasteiger partial charge is 0.444 e. The van der Waals surface area contributed by atoms with E-state index in [1.54, 1.807) is 4.90 Å². The van der Waals surface area contributed by atoms with Gasteiger partial charge in [0.25, 0.3) is 0 Å². The zero-order valence-electron chi connectivity index (χ0n) is 17.9. The fourth-order valence-corrected chi connectivity index (χ4v) is 3.44. The number of ether oxygens (including phenoxy) is 1. The van der Waals surface area contributed by atoms with Gasteiger partial charge in [-0.05, 0) is 57.0 Å². The SMILES string of the molecule is C#Cc1cccc(Nc2ncnc3[nH]c(C4=CCN(C(=O)OC(C)(C)C)CC4)cc23)c1. The molecule has 1 aliphatic heterocycles. The summed E-state index contributed by atoms with van der Waals surface area (Å²) in [6.07, 6.45) is 9.52. The number of benzene rings is 1. The molecule has 1 aliphatic rings. The fourth-order valence-electron chi connectivity index (χ4n) is 3.44. The summed E-state index contributed by atoms with van der Waals surface area (Å²) >= 11 is 0. The lowest BCUT2D eigenvalue weighted by molar-refractivity contribution is 0.0270. The predicted octanol–water partition coefficient (Wildman–Crippen LogP) is 4.71. The lowest BCUT2D eigenvalue weighted by Gasteiger charge is -2.29. The van der Waals surface area contributed by atoms with Gasteiger partial charge in [0, 0.05) is 30.0 Å². The number of nitrogens with one attached hydrogen (secondary N) is 2. The highest BCUT2D eigenvalue weighted by Gasteiger charge is 2.24. The topological polar surface area (TPSA) is 83.1 Å². The number of aromatic nitrogens is 3. The van der Waals surface area contributed by atoms with Crippen LogP contribution in [0.5, 0.6) is 0 Å². The summed E-state index contributed by atoms with van der Waals surface area (Å²) in [6, 6.07) is 9.67. The molecule has 0 unspecified atom stereocenters. The first kappa shape index (κ1) is 20.5. The van der Waals surface area contributed by atoms with Crippen LogP contribution in [-0.4, -0.2) is 44.6 Å². The number of amides is 1. The third-order valence-electron chi connectivity index (χ3n) is 4.92. The minimum absolute atomic E-state index is 0.286. The summed E-state index contributed by atoms with van der Waals surface area (Å²) in [6.45, 7) is 6.73. The van der Waals surface area contributed by atoms with Crippen LogP contribution >= 0.6 is 0 Å². The van der Waals surface area contributed by atoms with Gasteiger partial charge in [-0.3, -0.25) is 0 Å². The number of H-pyrrole nitrogens is 1. The van der Waals surface area contributed by atoms with E-state index in [4.69, 9.17) is 11.2 Å². The molecule has 31 heavy (non-hydrogen) atoms. The van der Waals surface area contributed by atoms with E-state index in [1.807, 2.05) is 51.1 Å². The maximum Gasteiger partial charge on any atom is 0.410 e. The average Bonchev–Trinajstić information content (AvgIpc) is 3.18. The standard InChI is InChI=1S/C24H25N5O2/c1-5-16-7-6-8-18(13-16)27-21-19-14-20(28-22(19)26-15-25-21)17-9-11-29(12-10-17)23(30)31-24(2,3)4/h1,6-9,13-15H,10-12H2,2-4H3,(H2,25,26,27,28). The number of carbonyl (C=O) groups excluding carboxylic acids is 1. The van der Waals surface area contributed by atoms with Crippen LogP contribution in [0.1, 0.15) is 38.4 Å². The Morgan fingerprint density at radius 1 is 1.29 bits per heavy atom. The molecule has 0 saturated heterocycles. The lowest BCUT2D eigenvalue weighted by atomic mass is 10.1. The van der Waals surface area contributed by atoms with E-state index in [1.165, 1.54) is 6.33 Å². The quantitative estimate of drug-likeness (QED) is 0.606. The number of nitrogens with zero attached hydrogens (tertiary/aromatic N) is 3. The highest BCUT2D eigenvalue weighted by Crippen LogP contribution is 2.29. The Morgan fingerprint density at radius 2 is 2.13 bits per heavy atom. The Hall–Kier alpha value is -3.79. The first-order chi connectivity index (χ1) is 14.8. The number of fused-ring (bicyclic) bond motifs is 1. The van der Waals surface area contributed by atoms with E-state index in [0.29, 0.717) is 18.9 Å². The Morgan fingerprint density at radius 3 is 2.84 bits per heavy atom. The summed E-state index contributed by atoms with van der Waals surface area (Å²) in [5, 5.41) is 4.21. The van der Waals surface area contributed by atoms with Gasteiger partial charge in [0.15, 0.2) is 0 Å². The number of rotatable bonds is 3. The second-order valence-corrected chi connectivity index (χ2v) is 8.42. The number of hydrogen-bond donors (Lipinski definition) is 2. The van der Waals surface area contributed by atoms with Crippen molar-refractivity contribution >= 4 is 34.2 Å². The van der Waals surface area contributed by atoms with Crippen molar-refractivity contribution in [1.82, 2.24) is 19.9 Å². The Bertz CT molecular complexity index is 1200. The van der Waals surface area contributed by atoms with Crippen LogP contribution in [0.25, 0.3) is 16.6 Å². The van der Waals surface area contributed by atoms with Crippen LogP contribution in [0.3, 0.4) is 0 Å². The van der Waals surface area contributed by atoms with Gasteiger partial charge < -0.3 is 19.9 Å². The fraction of sp³-hybridized carbons (Fsp3) is 0.292. The van der Waals surface area contributed by atoms with Crippen molar-refractivity contribution in [3.05, 3.63) is 54.0 Å². The number of aromatic amines is 1. The molecule has 3 heterocycles. The minimum Gasteiger partial charge on any atom is -0.444 e. The molecule has 0 saturated carbocycles. The highest BCUT2D eigenvalue weighted by atomic mass is 16.6. The smallest absolute Gasteiger partial charge is 0.410 e. The molecule has 0 fully saturated rings. The van der Waals surface area contributed by atoms with Gasteiger partial charge >= 0.3 is 6.09 Å². The molecule has 2 N–H and O–H groups in total. The molecule has 3 aromatic rings. The highest BCUT2D eigenvalue weighted by molar-refractivity contribution is 5.92. The maximum absolute atomic E-state index is 12.3. The molecule has 0 atom stereocenters. The second-order valence-electron chi connectivity index (χ2n) is 8.42.